The van der Waals surface area contributed by atoms with Crippen LogP contribution in [0.2, 0.25) is 0 Å². The van der Waals surface area contributed by atoms with Gasteiger partial charge in [0.25, 0.3) is 0 Å². The molecule has 2 aromatic carbocycles. The lowest BCUT2D eigenvalue weighted by Gasteiger charge is -1.99. The zero-order valence-electron chi connectivity index (χ0n) is 16.5. The predicted molar refractivity (Wildman–Crippen MR) is 125 cm³/mol. The van der Waals surface area contributed by atoms with Crippen molar-refractivity contribution in [2.24, 2.45) is 10.2 Å². The van der Waals surface area contributed by atoms with Crippen molar-refractivity contribution in [1.82, 2.24) is 14.8 Å². The molecule has 6 nitrogen and oxygen atoms in total. The van der Waals surface area contributed by atoms with Crippen LogP contribution in [0.25, 0.3) is 16.6 Å². The first-order valence-electron chi connectivity index (χ1n) is 9.59. The minimum Gasteiger partial charge on any atom is -0.360 e. The predicted octanol–water partition coefficient (Wildman–Crippen LogP) is 5.03. The lowest BCUT2D eigenvalue weighted by atomic mass is 10.1. The van der Waals surface area contributed by atoms with Gasteiger partial charge in [0.2, 0.25) is 10.6 Å². The topological polar surface area (TPSA) is 75.4 Å². The summed E-state index contributed by atoms with van der Waals surface area (Å²) in [6, 6.07) is 21.4. The number of fused-ring (bicyclic) bond motifs is 1. The van der Waals surface area contributed by atoms with Crippen molar-refractivity contribution in [2.75, 3.05) is 0 Å². The number of carbonyl (C=O) groups is 1. The van der Waals surface area contributed by atoms with E-state index in [9.17, 15) is 4.79 Å². The van der Waals surface area contributed by atoms with Crippen molar-refractivity contribution in [3.8, 4) is 5.69 Å². The SMILES string of the molecule is C/C(=N/N=c1\sc(C(=O)c2cccs2)nn1-c1ccccc1)c1c[nH]c2ccccc12. The molecule has 0 unspecified atom stereocenters. The van der Waals surface area contributed by atoms with Crippen molar-refractivity contribution >= 4 is 45.1 Å². The van der Waals surface area contributed by atoms with Gasteiger partial charge in [0.1, 0.15) is 0 Å². The summed E-state index contributed by atoms with van der Waals surface area (Å²) in [5.41, 5.74) is 3.64. The maximum absolute atomic E-state index is 12.8. The lowest BCUT2D eigenvalue weighted by Crippen LogP contribution is -2.14. The number of aromatic amines is 1. The highest BCUT2D eigenvalue weighted by atomic mass is 32.1. The van der Waals surface area contributed by atoms with Crippen LogP contribution in [-0.2, 0) is 0 Å². The standard InChI is InChI=1S/C23H17N5OS2/c1-15(18-14-24-19-11-6-5-10-17(18)19)25-26-23-28(16-8-3-2-4-9-16)27-22(31-23)21(29)20-12-7-13-30-20/h2-14,24H,1H3/b25-15-,26-23-. The number of aromatic nitrogens is 3. The van der Waals surface area contributed by atoms with E-state index >= 15 is 0 Å². The second-order valence-corrected chi connectivity index (χ2v) is 8.68. The fourth-order valence-corrected chi connectivity index (χ4v) is 4.77. The van der Waals surface area contributed by atoms with Crippen molar-refractivity contribution < 1.29 is 4.79 Å². The van der Waals surface area contributed by atoms with Gasteiger partial charge in [-0.3, -0.25) is 4.79 Å². The highest BCUT2D eigenvalue weighted by molar-refractivity contribution is 7.15. The van der Waals surface area contributed by atoms with E-state index in [0.29, 0.717) is 14.7 Å². The second kappa shape index (κ2) is 8.25. The normalized spacial score (nSPS) is 12.5. The number of nitrogens with zero attached hydrogens (tertiary/aromatic N) is 4. The average Bonchev–Trinajstić information content (AvgIpc) is 3.57. The maximum atomic E-state index is 12.8. The highest BCUT2D eigenvalue weighted by Gasteiger charge is 2.17. The van der Waals surface area contributed by atoms with E-state index in [4.69, 9.17) is 0 Å². The maximum Gasteiger partial charge on any atom is 0.233 e. The van der Waals surface area contributed by atoms with Crippen molar-refractivity contribution in [1.29, 1.82) is 0 Å². The van der Waals surface area contributed by atoms with Gasteiger partial charge in [-0.1, -0.05) is 53.8 Å². The van der Waals surface area contributed by atoms with Crippen LogP contribution in [0.3, 0.4) is 0 Å². The molecule has 0 atom stereocenters. The van der Waals surface area contributed by atoms with Crippen LogP contribution in [0.15, 0.2) is 88.5 Å². The van der Waals surface area contributed by atoms with Gasteiger partial charge in [-0.15, -0.1) is 16.4 Å². The molecule has 3 aromatic heterocycles. The summed E-state index contributed by atoms with van der Waals surface area (Å²) >= 11 is 2.63. The Morgan fingerprint density at radius 2 is 1.84 bits per heavy atom. The molecule has 0 aliphatic rings. The minimum absolute atomic E-state index is 0.108. The molecule has 0 spiro atoms. The van der Waals surface area contributed by atoms with Crippen LogP contribution < -0.4 is 4.80 Å². The number of hydrogen-bond donors (Lipinski definition) is 1. The molecule has 1 N–H and O–H groups in total. The number of ketones is 1. The fraction of sp³-hybridized carbons (Fsp3) is 0.0435. The van der Waals surface area contributed by atoms with E-state index in [1.807, 2.05) is 73.1 Å². The second-order valence-electron chi connectivity index (χ2n) is 6.78. The number of hydrogen-bond acceptors (Lipinski definition) is 6. The summed E-state index contributed by atoms with van der Waals surface area (Å²) in [5, 5.41) is 16.8. The van der Waals surface area contributed by atoms with Gasteiger partial charge >= 0.3 is 0 Å². The quantitative estimate of drug-likeness (QED) is 0.235. The van der Waals surface area contributed by atoms with Gasteiger partial charge < -0.3 is 4.98 Å². The third kappa shape index (κ3) is 3.78. The largest absolute Gasteiger partial charge is 0.360 e. The minimum atomic E-state index is -0.108. The van der Waals surface area contributed by atoms with Gasteiger partial charge in [-0.2, -0.15) is 10.2 Å². The van der Waals surface area contributed by atoms with E-state index in [1.165, 1.54) is 22.7 Å². The number of para-hydroxylation sites is 2. The Hall–Kier alpha value is -3.62. The monoisotopic (exact) mass is 443 g/mol. The number of carbonyl (C=O) groups excluding carboxylic acids is 1. The average molecular weight is 444 g/mol. The summed E-state index contributed by atoms with van der Waals surface area (Å²) in [4.78, 5) is 17.3. The van der Waals surface area contributed by atoms with E-state index in [1.54, 1.807) is 10.7 Å². The Morgan fingerprint density at radius 1 is 1.03 bits per heavy atom. The Morgan fingerprint density at radius 3 is 2.65 bits per heavy atom. The first-order chi connectivity index (χ1) is 15.2. The summed E-state index contributed by atoms with van der Waals surface area (Å²) < 4.78 is 1.66. The number of H-pyrrole nitrogens is 1. The van der Waals surface area contributed by atoms with Gasteiger partial charge in [0, 0.05) is 22.7 Å². The number of thiophene rings is 1. The molecule has 0 bridgehead atoms. The fourth-order valence-electron chi connectivity index (χ4n) is 3.23. The summed E-state index contributed by atoms with van der Waals surface area (Å²) in [6.07, 6.45) is 1.93. The summed E-state index contributed by atoms with van der Waals surface area (Å²) in [6.45, 7) is 1.92. The smallest absolute Gasteiger partial charge is 0.233 e. The van der Waals surface area contributed by atoms with Gasteiger partial charge in [-0.25, -0.2) is 4.68 Å². The highest BCUT2D eigenvalue weighted by Crippen LogP contribution is 2.19. The number of nitrogens with one attached hydrogen (secondary N) is 1. The Kier molecular flexibility index (Phi) is 5.15. The zero-order valence-corrected chi connectivity index (χ0v) is 18.2. The van der Waals surface area contributed by atoms with Crippen LogP contribution in [0.1, 0.15) is 27.2 Å². The Balaban J connectivity index is 1.61. The molecule has 0 aliphatic carbocycles. The van der Waals surface area contributed by atoms with Crippen molar-refractivity contribution in [3.05, 3.63) is 98.6 Å². The van der Waals surface area contributed by atoms with Crippen molar-refractivity contribution in [2.45, 2.75) is 6.92 Å². The van der Waals surface area contributed by atoms with Crippen LogP contribution in [-0.4, -0.2) is 26.3 Å². The molecule has 0 aliphatic heterocycles. The molecular formula is C23H17N5OS2. The van der Waals surface area contributed by atoms with E-state index < -0.39 is 0 Å². The van der Waals surface area contributed by atoms with Gasteiger partial charge in [-0.05, 0) is 36.6 Å². The molecule has 3 heterocycles. The van der Waals surface area contributed by atoms with Gasteiger partial charge in [0.15, 0.2) is 5.01 Å². The molecule has 0 fully saturated rings. The van der Waals surface area contributed by atoms with Crippen LogP contribution in [0.4, 0.5) is 0 Å². The molecule has 5 rings (SSSR count). The molecule has 152 valence electrons. The van der Waals surface area contributed by atoms with E-state index in [0.717, 1.165) is 27.9 Å². The molecule has 31 heavy (non-hydrogen) atoms. The molecule has 0 radical (unpaired) electrons. The number of benzene rings is 2. The molecular weight excluding hydrogens is 426 g/mol. The molecule has 0 saturated heterocycles. The third-order valence-electron chi connectivity index (χ3n) is 4.76. The number of rotatable bonds is 5. The van der Waals surface area contributed by atoms with Crippen molar-refractivity contribution in [3.63, 3.8) is 0 Å². The first kappa shape index (κ1) is 19.3. The van der Waals surface area contributed by atoms with Crippen LogP contribution in [0.5, 0.6) is 0 Å². The van der Waals surface area contributed by atoms with E-state index in [-0.39, 0.29) is 5.78 Å². The van der Waals surface area contributed by atoms with E-state index in [2.05, 4.69) is 26.4 Å². The van der Waals surface area contributed by atoms with Crippen LogP contribution in [0, 0.1) is 0 Å². The first-order valence-corrected chi connectivity index (χ1v) is 11.3. The summed E-state index contributed by atoms with van der Waals surface area (Å²) in [7, 11) is 0. The molecule has 8 heteroatoms. The van der Waals surface area contributed by atoms with Crippen LogP contribution >= 0.6 is 22.7 Å². The Bertz CT molecular complexity index is 1460. The molecule has 0 saturated carbocycles. The molecule has 0 amide bonds. The van der Waals surface area contributed by atoms with Gasteiger partial charge in [0.05, 0.1) is 16.3 Å². The molecule has 5 aromatic rings. The third-order valence-corrected chi connectivity index (χ3v) is 6.53. The Labute approximate surface area is 185 Å². The lowest BCUT2D eigenvalue weighted by molar-refractivity contribution is 0.104. The zero-order chi connectivity index (χ0) is 21.2. The summed E-state index contributed by atoms with van der Waals surface area (Å²) in [5.74, 6) is -0.108.